The van der Waals surface area contributed by atoms with Crippen LogP contribution in [0.25, 0.3) is 0 Å². The second-order valence-corrected chi connectivity index (χ2v) is 6.29. The van der Waals surface area contributed by atoms with Crippen molar-refractivity contribution in [3.8, 4) is 5.75 Å². The molecule has 0 saturated carbocycles. The quantitative estimate of drug-likeness (QED) is 0.627. The SMILES string of the molecule is Nc1ccc(OCCCCN2CCN(c3ccccc3)CC2)cc1. The van der Waals surface area contributed by atoms with Crippen LogP contribution in [0, 0.1) is 0 Å². The first-order valence-corrected chi connectivity index (χ1v) is 8.82. The van der Waals surface area contributed by atoms with Crippen molar-refractivity contribution in [2.24, 2.45) is 0 Å². The van der Waals surface area contributed by atoms with Gasteiger partial charge in [0.1, 0.15) is 5.75 Å². The molecule has 1 fully saturated rings. The Morgan fingerprint density at radius 1 is 0.833 bits per heavy atom. The lowest BCUT2D eigenvalue weighted by molar-refractivity contribution is 0.238. The highest BCUT2D eigenvalue weighted by molar-refractivity contribution is 5.46. The predicted molar refractivity (Wildman–Crippen MR) is 101 cm³/mol. The summed E-state index contributed by atoms with van der Waals surface area (Å²) in [5.41, 5.74) is 7.78. The molecule has 4 nitrogen and oxygen atoms in total. The first kappa shape index (κ1) is 16.7. The number of unbranched alkanes of at least 4 members (excludes halogenated alkanes) is 1. The monoisotopic (exact) mass is 325 g/mol. The van der Waals surface area contributed by atoms with E-state index in [2.05, 4.69) is 40.1 Å². The molecular weight excluding hydrogens is 298 g/mol. The number of ether oxygens (including phenoxy) is 1. The van der Waals surface area contributed by atoms with Gasteiger partial charge >= 0.3 is 0 Å². The molecular formula is C20H27N3O. The zero-order chi connectivity index (χ0) is 16.6. The molecule has 0 aromatic heterocycles. The minimum atomic E-state index is 0.772. The van der Waals surface area contributed by atoms with Crippen LogP contribution in [0.5, 0.6) is 5.75 Å². The lowest BCUT2D eigenvalue weighted by Crippen LogP contribution is -2.46. The van der Waals surface area contributed by atoms with Gasteiger partial charge in [-0.05, 0) is 55.8 Å². The van der Waals surface area contributed by atoms with Crippen LogP contribution in [0.1, 0.15) is 12.8 Å². The van der Waals surface area contributed by atoms with E-state index in [1.165, 1.54) is 12.1 Å². The van der Waals surface area contributed by atoms with Crippen molar-refractivity contribution in [3.05, 3.63) is 54.6 Å². The molecule has 0 amide bonds. The number of nitrogen functional groups attached to an aromatic ring is 1. The summed E-state index contributed by atoms with van der Waals surface area (Å²) in [4.78, 5) is 5.03. The van der Waals surface area contributed by atoms with E-state index in [4.69, 9.17) is 10.5 Å². The Labute approximate surface area is 144 Å². The van der Waals surface area contributed by atoms with E-state index in [0.717, 1.165) is 57.2 Å². The van der Waals surface area contributed by atoms with Crippen molar-refractivity contribution < 1.29 is 4.74 Å². The maximum absolute atomic E-state index is 5.74. The third-order valence-electron chi connectivity index (χ3n) is 4.51. The Morgan fingerprint density at radius 3 is 2.25 bits per heavy atom. The zero-order valence-corrected chi connectivity index (χ0v) is 14.2. The van der Waals surface area contributed by atoms with Crippen LogP contribution in [-0.4, -0.2) is 44.2 Å². The first-order valence-electron chi connectivity index (χ1n) is 8.82. The highest BCUT2D eigenvalue weighted by Crippen LogP contribution is 2.16. The second kappa shape index (κ2) is 8.60. The molecule has 0 atom stereocenters. The van der Waals surface area contributed by atoms with Gasteiger partial charge in [0, 0.05) is 37.6 Å². The smallest absolute Gasteiger partial charge is 0.119 e. The largest absolute Gasteiger partial charge is 0.494 e. The molecule has 0 bridgehead atoms. The van der Waals surface area contributed by atoms with Crippen LogP contribution in [0.3, 0.4) is 0 Å². The lowest BCUT2D eigenvalue weighted by Gasteiger charge is -2.36. The van der Waals surface area contributed by atoms with Gasteiger partial charge in [-0.25, -0.2) is 0 Å². The summed E-state index contributed by atoms with van der Waals surface area (Å²) in [5.74, 6) is 0.903. The highest BCUT2D eigenvalue weighted by Gasteiger charge is 2.16. The van der Waals surface area contributed by atoms with E-state index in [0.29, 0.717) is 0 Å². The Balaban J connectivity index is 1.29. The van der Waals surface area contributed by atoms with E-state index < -0.39 is 0 Å². The Bertz CT molecular complexity index is 592. The van der Waals surface area contributed by atoms with Gasteiger partial charge in [0.05, 0.1) is 6.61 Å². The topological polar surface area (TPSA) is 41.7 Å². The molecule has 1 heterocycles. The Kier molecular flexibility index (Phi) is 5.96. The van der Waals surface area contributed by atoms with Gasteiger partial charge in [0.15, 0.2) is 0 Å². The Morgan fingerprint density at radius 2 is 1.54 bits per heavy atom. The molecule has 1 aliphatic heterocycles. The van der Waals surface area contributed by atoms with Gasteiger partial charge in [-0.3, -0.25) is 4.90 Å². The van der Waals surface area contributed by atoms with Crippen molar-refractivity contribution in [3.63, 3.8) is 0 Å². The van der Waals surface area contributed by atoms with Gasteiger partial charge in [-0.2, -0.15) is 0 Å². The maximum Gasteiger partial charge on any atom is 0.119 e. The third kappa shape index (κ3) is 4.90. The fourth-order valence-corrected chi connectivity index (χ4v) is 3.06. The minimum Gasteiger partial charge on any atom is -0.494 e. The number of hydrogen-bond donors (Lipinski definition) is 1. The minimum absolute atomic E-state index is 0.772. The van der Waals surface area contributed by atoms with Crippen LogP contribution in [0.15, 0.2) is 54.6 Å². The van der Waals surface area contributed by atoms with Gasteiger partial charge in [-0.1, -0.05) is 18.2 Å². The number of rotatable bonds is 7. The molecule has 0 spiro atoms. The van der Waals surface area contributed by atoms with E-state index in [9.17, 15) is 0 Å². The van der Waals surface area contributed by atoms with Crippen LogP contribution < -0.4 is 15.4 Å². The van der Waals surface area contributed by atoms with Gasteiger partial charge in [0.2, 0.25) is 0 Å². The van der Waals surface area contributed by atoms with Crippen molar-refractivity contribution in [2.45, 2.75) is 12.8 Å². The summed E-state index contributed by atoms with van der Waals surface area (Å²) >= 11 is 0. The number of anilines is 2. The van der Waals surface area contributed by atoms with Crippen molar-refractivity contribution in [1.29, 1.82) is 0 Å². The first-order chi connectivity index (χ1) is 11.8. The average molecular weight is 325 g/mol. The molecule has 0 aliphatic carbocycles. The molecule has 2 N–H and O–H groups in total. The second-order valence-electron chi connectivity index (χ2n) is 6.29. The summed E-state index contributed by atoms with van der Waals surface area (Å²) in [5, 5.41) is 0. The summed E-state index contributed by atoms with van der Waals surface area (Å²) in [6.07, 6.45) is 2.27. The molecule has 3 rings (SSSR count). The molecule has 24 heavy (non-hydrogen) atoms. The summed E-state index contributed by atoms with van der Waals surface area (Å²) in [7, 11) is 0. The number of nitrogens with two attached hydrogens (primary N) is 1. The molecule has 2 aromatic carbocycles. The normalized spacial score (nSPS) is 15.4. The standard InChI is InChI=1S/C20H27N3O/c21-18-8-10-20(11-9-18)24-17-5-4-12-22-13-15-23(16-14-22)19-6-2-1-3-7-19/h1-3,6-11H,4-5,12-17,21H2. The number of para-hydroxylation sites is 1. The molecule has 0 radical (unpaired) electrons. The number of piperazine rings is 1. The lowest BCUT2D eigenvalue weighted by atomic mass is 10.2. The van der Waals surface area contributed by atoms with Gasteiger partial charge in [0.25, 0.3) is 0 Å². The predicted octanol–water partition coefficient (Wildman–Crippen LogP) is 3.25. The molecule has 1 aliphatic rings. The van der Waals surface area contributed by atoms with Crippen LogP contribution in [0.4, 0.5) is 11.4 Å². The van der Waals surface area contributed by atoms with E-state index >= 15 is 0 Å². The van der Waals surface area contributed by atoms with E-state index in [1.807, 2.05) is 24.3 Å². The van der Waals surface area contributed by atoms with E-state index in [1.54, 1.807) is 0 Å². The number of nitrogens with zero attached hydrogens (tertiary/aromatic N) is 2. The fourth-order valence-electron chi connectivity index (χ4n) is 3.06. The number of benzene rings is 2. The maximum atomic E-state index is 5.74. The Hall–Kier alpha value is -2.20. The van der Waals surface area contributed by atoms with Crippen molar-refractivity contribution >= 4 is 11.4 Å². The van der Waals surface area contributed by atoms with Crippen LogP contribution >= 0.6 is 0 Å². The summed E-state index contributed by atoms with van der Waals surface area (Å²) in [6.45, 7) is 6.46. The zero-order valence-electron chi connectivity index (χ0n) is 14.2. The molecule has 4 heteroatoms. The van der Waals surface area contributed by atoms with Crippen molar-refractivity contribution in [2.75, 3.05) is 50.0 Å². The number of hydrogen-bond acceptors (Lipinski definition) is 4. The summed E-state index contributed by atoms with van der Waals surface area (Å²) < 4.78 is 5.74. The molecule has 1 saturated heterocycles. The van der Waals surface area contributed by atoms with Gasteiger partial charge in [-0.15, -0.1) is 0 Å². The van der Waals surface area contributed by atoms with Gasteiger partial charge < -0.3 is 15.4 Å². The summed E-state index contributed by atoms with van der Waals surface area (Å²) in [6, 6.07) is 18.3. The van der Waals surface area contributed by atoms with Crippen molar-refractivity contribution in [1.82, 2.24) is 4.90 Å². The molecule has 128 valence electrons. The third-order valence-corrected chi connectivity index (χ3v) is 4.51. The molecule has 2 aromatic rings. The molecule has 0 unspecified atom stereocenters. The fraction of sp³-hybridized carbons (Fsp3) is 0.400. The average Bonchev–Trinajstić information content (AvgIpc) is 2.64. The highest BCUT2D eigenvalue weighted by atomic mass is 16.5. The van der Waals surface area contributed by atoms with Crippen LogP contribution in [0.2, 0.25) is 0 Å². The van der Waals surface area contributed by atoms with E-state index in [-0.39, 0.29) is 0 Å². The van der Waals surface area contributed by atoms with Crippen LogP contribution in [-0.2, 0) is 0 Å².